The molecule has 3 aliphatic heterocycles. The first kappa shape index (κ1) is 20.4. The van der Waals surface area contributed by atoms with Gasteiger partial charge in [-0.2, -0.15) is 5.10 Å². The van der Waals surface area contributed by atoms with Gasteiger partial charge in [-0.1, -0.05) is 0 Å². The number of nitrogens with zero attached hydrogens (tertiary/aromatic N) is 4. The zero-order valence-electron chi connectivity index (χ0n) is 18.9. The van der Waals surface area contributed by atoms with Gasteiger partial charge in [0.15, 0.2) is 5.65 Å². The summed E-state index contributed by atoms with van der Waals surface area (Å²) in [5.41, 5.74) is 4.72. The van der Waals surface area contributed by atoms with Gasteiger partial charge in [0.1, 0.15) is 16.9 Å². The fraction of sp³-hybridized carbons (Fsp3) is 0.458. The molecule has 0 aliphatic carbocycles. The fourth-order valence-corrected chi connectivity index (χ4v) is 4.78. The lowest BCUT2D eigenvalue weighted by molar-refractivity contribution is 0.102. The van der Waals surface area contributed by atoms with Crippen molar-refractivity contribution in [2.45, 2.75) is 31.8 Å². The highest BCUT2D eigenvalue weighted by molar-refractivity contribution is 6.09. The number of fused-ring (bicyclic) bond motifs is 2. The summed E-state index contributed by atoms with van der Waals surface area (Å²) in [6, 6.07) is 4.10. The molecule has 2 fully saturated rings. The molecule has 0 radical (unpaired) electrons. The number of anilines is 2. The second-order valence-electron chi connectivity index (χ2n) is 9.64. The van der Waals surface area contributed by atoms with Crippen molar-refractivity contribution in [3.05, 3.63) is 47.4 Å². The molecule has 0 atom stereocenters. The molecular formula is C24H28N6O3. The topological polar surface area (TPSA) is 93.0 Å². The first-order chi connectivity index (χ1) is 16.0. The number of amides is 1. The van der Waals surface area contributed by atoms with E-state index < -0.39 is 0 Å². The van der Waals surface area contributed by atoms with Gasteiger partial charge in [0.2, 0.25) is 0 Å². The van der Waals surface area contributed by atoms with Crippen molar-refractivity contribution < 1.29 is 14.3 Å². The Morgan fingerprint density at radius 1 is 1.21 bits per heavy atom. The first-order valence-electron chi connectivity index (χ1n) is 11.5. The van der Waals surface area contributed by atoms with E-state index in [1.165, 1.54) is 0 Å². The maximum atomic E-state index is 13.3. The number of hydrogen-bond acceptors (Lipinski definition) is 7. The standard InChI is InChI=1S/C24H28N6O3/c1-24(2)9-15-7-19(20(8-21(15)33-24)29-3-5-32-6-4-29)28-23(31)18-13-27-30-14-17(12-26-22(18)30)16-10-25-11-16/h7-8,12-14,16,25H,3-6,9-11H2,1-2H3,(H,28,31). The Labute approximate surface area is 192 Å². The molecular weight excluding hydrogens is 420 g/mol. The van der Waals surface area contributed by atoms with E-state index in [2.05, 4.69) is 45.5 Å². The van der Waals surface area contributed by atoms with Crippen molar-refractivity contribution in [3.63, 3.8) is 0 Å². The molecule has 9 nitrogen and oxygen atoms in total. The van der Waals surface area contributed by atoms with Crippen molar-refractivity contribution in [1.82, 2.24) is 19.9 Å². The smallest absolute Gasteiger partial charge is 0.261 e. The predicted octanol–water partition coefficient (Wildman–Crippen LogP) is 2.22. The number of rotatable bonds is 4. The van der Waals surface area contributed by atoms with Crippen LogP contribution in [0.5, 0.6) is 5.75 Å². The van der Waals surface area contributed by atoms with Crippen LogP contribution in [-0.4, -0.2) is 65.5 Å². The van der Waals surface area contributed by atoms with E-state index in [0.717, 1.165) is 60.9 Å². The number of nitrogens with one attached hydrogen (secondary N) is 2. The highest BCUT2D eigenvalue weighted by atomic mass is 16.5. The van der Waals surface area contributed by atoms with Gasteiger partial charge < -0.3 is 25.0 Å². The van der Waals surface area contributed by atoms with E-state index in [1.807, 2.05) is 18.5 Å². The third-order valence-electron chi connectivity index (χ3n) is 6.66. The van der Waals surface area contributed by atoms with Gasteiger partial charge in [-0.05, 0) is 25.5 Å². The Morgan fingerprint density at radius 3 is 2.79 bits per heavy atom. The van der Waals surface area contributed by atoms with Gasteiger partial charge in [0.05, 0.1) is 30.8 Å². The normalized spacial score (nSPS) is 19.8. The van der Waals surface area contributed by atoms with Crippen LogP contribution in [0.15, 0.2) is 30.7 Å². The van der Waals surface area contributed by atoms with E-state index in [1.54, 1.807) is 10.7 Å². The van der Waals surface area contributed by atoms with E-state index in [-0.39, 0.29) is 11.5 Å². The number of aromatic nitrogens is 3. The van der Waals surface area contributed by atoms with Crippen molar-refractivity contribution in [2.24, 2.45) is 0 Å². The molecule has 2 saturated heterocycles. The molecule has 2 N–H and O–H groups in total. The molecule has 172 valence electrons. The summed E-state index contributed by atoms with van der Waals surface area (Å²) < 4.78 is 13.4. The van der Waals surface area contributed by atoms with Crippen LogP contribution >= 0.6 is 0 Å². The second-order valence-corrected chi connectivity index (χ2v) is 9.64. The van der Waals surface area contributed by atoms with E-state index in [4.69, 9.17) is 9.47 Å². The van der Waals surface area contributed by atoms with Crippen LogP contribution in [0.2, 0.25) is 0 Å². The number of morpholine rings is 1. The lowest BCUT2D eigenvalue weighted by Crippen LogP contribution is -2.40. The summed E-state index contributed by atoms with van der Waals surface area (Å²) in [4.78, 5) is 20.1. The zero-order valence-corrected chi connectivity index (χ0v) is 18.9. The molecule has 0 bridgehead atoms. The number of carbonyl (C=O) groups excluding carboxylic acids is 1. The molecule has 0 unspecified atom stereocenters. The van der Waals surface area contributed by atoms with Crippen LogP contribution in [0.25, 0.3) is 5.65 Å². The lowest BCUT2D eigenvalue weighted by Gasteiger charge is -2.31. The number of hydrogen-bond donors (Lipinski definition) is 2. The van der Waals surface area contributed by atoms with Crippen LogP contribution in [0.4, 0.5) is 11.4 Å². The SMILES string of the molecule is CC1(C)Cc2cc(NC(=O)c3cnn4cc(C5CNC5)cnc34)c(N3CCOCC3)cc2O1. The maximum absolute atomic E-state index is 13.3. The van der Waals surface area contributed by atoms with Crippen LogP contribution in [0.1, 0.15) is 41.3 Å². The lowest BCUT2D eigenvalue weighted by atomic mass is 9.97. The molecule has 3 aromatic rings. The van der Waals surface area contributed by atoms with Crippen molar-refractivity contribution in [3.8, 4) is 5.75 Å². The largest absolute Gasteiger partial charge is 0.487 e. The van der Waals surface area contributed by atoms with Crippen molar-refractivity contribution in [1.29, 1.82) is 0 Å². The van der Waals surface area contributed by atoms with E-state index in [0.29, 0.717) is 30.3 Å². The average Bonchev–Trinajstić information content (AvgIpc) is 3.31. The number of ether oxygens (including phenoxy) is 2. The minimum atomic E-state index is -0.257. The van der Waals surface area contributed by atoms with Gasteiger partial charge in [-0.25, -0.2) is 9.50 Å². The fourth-order valence-electron chi connectivity index (χ4n) is 4.78. The van der Waals surface area contributed by atoms with Gasteiger partial charge >= 0.3 is 0 Å². The monoisotopic (exact) mass is 448 g/mol. The molecule has 1 aromatic carbocycles. The zero-order chi connectivity index (χ0) is 22.6. The molecule has 1 amide bonds. The van der Waals surface area contributed by atoms with Crippen LogP contribution < -0.4 is 20.3 Å². The molecule has 0 spiro atoms. The summed E-state index contributed by atoms with van der Waals surface area (Å²) in [7, 11) is 0. The molecule has 2 aromatic heterocycles. The highest BCUT2D eigenvalue weighted by Gasteiger charge is 2.32. The Balaban J connectivity index is 1.32. The highest BCUT2D eigenvalue weighted by Crippen LogP contribution is 2.42. The van der Waals surface area contributed by atoms with E-state index >= 15 is 0 Å². The summed E-state index contributed by atoms with van der Waals surface area (Å²) >= 11 is 0. The Morgan fingerprint density at radius 2 is 2.03 bits per heavy atom. The summed E-state index contributed by atoms with van der Waals surface area (Å²) in [6.45, 7) is 8.91. The second kappa shape index (κ2) is 7.71. The van der Waals surface area contributed by atoms with E-state index in [9.17, 15) is 4.79 Å². The molecule has 9 heteroatoms. The predicted molar refractivity (Wildman–Crippen MR) is 124 cm³/mol. The third kappa shape index (κ3) is 3.71. The molecule has 33 heavy (non-hydrogen) atoms. The van der Waals surface area contributed by atoms with Crippen LogP contribution in [0.3, 0.4) is 0 Å². The van der Waals surface area contributed by atoms with Gasteiger partial charge in [0.25, 0.3) is 5.91 Å². The van der Waals surface area contributed by atoms with Crippen molar-refractivity contribution in [2.75, 3.05) is 49.6 Å². The Bertz CT molecular complexity index is 1230. The summed E-state index contributed by atoms with van der Waals surface area (Å²) in [6.07, 6.45) is 6.21. The summed E-state index contributed by atoms with van der Waals surface area (Å²) in [5, 5.41) is 10.8. The quantitative estimate of drug-likeness (QED) is 0.632. The molecule has 6 rings (SSSR count). The summed E-state index contributed by atoms with van der Waals surface area (Å²) in [5.74, 6) is 1.12. The Hall–Kier alpha value is -3.17. The maximum Gasteiger partial charge on any atom is 0.261 e. The number of benzene rings is 1. The first-order valence-corrected chi connectivity index (χ1v) is 11.5. The van der Waals surface area contributed by atoms with Crippen LogP contribution in [0, 0.1) is 0 Å². The van der Waals surface area contributed by atoms with Crippen molar-refractivity contribution >= 4 is 22.9 Å². The van der Waals surface area contributed by atoms with Gasteiger partial charge in [-0.3, -0.25) is 4.79 Å². The molecule has 5 heterocycles. The number of carbonyl (C=O) groups is 1. The minimum absolute atomic E-state index is 0.219. The average molecular weight is 449 g/mol. The third-order valence-corrected chi connectivity index (χ3v) is 6.66. The van der Waals surface area contributed by atoms with Gasteiger partial charge in [-0.15, -0.1) is 0 Å². The molecule has 0 saturated carbocycles. The Kier molecular flexibility index (Phi) is 4.77. The molecule has 3 aliphatic rings. The van der Waals surface area contributed by atoms with Gasteiger partial charge in [0, 0.05) is 62.5 Å². The van der Waals surface area contributed by atoms with Crippen LogP contribution in [-0.2, 0) is 11.2 Å². The minimum Gasteiger partial charge on any atom is -0.487 e.